The van der Waals surface area contributed by atoms with E-state index in [9.17, 15) is 18.0 Å². The molecule has 3 aromatic rings. The Labute approximate surface area is 169 Å². The van der Waals surface area contributed by atoms with Crippen molar-refractivity contribution >= 4 is 28.5 Å². The maximum absolute atomic E-state index is 13.6. The number of rotatable bonds is 6. The highest BCUT2D eigenvalue weighted by Gasteiger charge is 2.36. The third-order valence-electron chi connectivity index (χ3n) is 4.21. The minimum absolute atomic E-state index is 0.186. The van der Waals surface area contributed by atoms with E-state index in [1.54, 1.807) is 12.1 Å². The molecule has 3 rings (SSSR count). The SMILES string of the molecule is CC(C)c1c[nH]c2ccc(Oc3c(Cl)cc(OCC(=O)O)cc3C(F)(F)F)cc12. The van der Waals surface area contributed by atoms with Crippen LogP contribution in [0.25, 0.3) is 10.9 Å². The van der Waals surface area contributed by atoms with Crippen LogP contribution in [0.5, 0.6) is 17.2 Å². The fourth-order valence-corrected chi connectivity index (χ4v) is 3.14. The van der Waals surface area contributed by atoms with Gasteiger partial charge in [-0.25, -0.2) is 4.79 Å². The number of hydrogen-bond acceptors (Lipinski definition) is 3. The van der Waals surface area contributed by atoms with E-state index in [4.69, 9.17) is 26.2 Å². The molecular weight excluding hydrogens is 411 g/mol. The lowest BCUT2D eigenvalue weighted by molar-refractivity contribution is -0.139. The van der Waals surface area contributed by atoms with E-state index in [1.807, 2.05) is 20.0 Å². The van der Waals surface area contributed by atoms with E-state index in [0.717, 1.165) is 22.5 Å². The highest BCUT2D eigenvalue weighted by atomic mass is 35.5. The number of benzene rings is 2. The summed E-state index contributed by atoms with van der Waals surface area (Å²) in [6.07, 6.45) is -2.94. The first kappa shape index (κ1) is 20.9. The number of halogens is 4. The largest absolute Gasteiger partial charge is 0.482 e. The number of aromatic nitrogens is 1. The lowest BCUT2D eigenvalue weighted by Gasteiger charge is -2.17. The molecule has 1 heterocycles. The number of fused-ring (bicyclic) bond motifs is 1. The number of aliphatic carboxylic acids is 1. The second kappa shape index (κ2) is 7.87. The smallest absolute Gasteiger partial charge is 0.420 e. The molecule has 2 N–H and O–H groups in total. The Morgan fingerprint density at radius 3 is 2.55 bits per heavy atom. The maximum atomic E-state index is 13.6. The van der Waals surface area contributed by atoms with Gasteiger partial charge in [-0.3, -0.25) is 0 Å². The summed E-state index contributed by atoms with van der Waals surface area (Å²) in [6.45, 7) is 3.21. The van der Waals surface area contributed by atoms with Crippen LogP contribution < -0.4 is 9.47 Å². The minimum Gasteiger partial charge on any atom is -0.482 e. The molecule has 0 saturated carbocycles. The zero-order chi connectivity index (χ0) is 21.3. The molecule has 0 aliphatic carbocycles. The molecule has 0 atom stereocenters. The summed E-state index contributed by atoms with van der Waals surface area (Å²) in [6, 6.07) is 6.64. The van der Waals surface area contributed by atoms with Gasteiger partial charge in [-0.15, -0.1) is 0 Å². The number of hydrogen-bond donors (Lipinski definition) is 2. The van der Waals surface area contributed by atoms with Crippen LogP contribution in [0.15, 0.2) is 36.5 Å². The highest BCUT2D eigenvalue weighted by molar-refractivity contribution is 6.32. The van der Waals surface area contributed by atoms with Crippen LogP contribution in [0.2, 0.25) is 5.02 Å². The molecule has 0 unspecified atom stereocenters. The van der Waals surface area contributed by atoms with Crippen LogP contribution in [0.1, 0.15) is 30.9 Å². The van der Waals surface area contributed by atoms with Crippen LogP contribution in [-0.4, -0.2) is 22.7 Å². The van der Waals surface area contributed by atoms with E-state index >= 15 is 0 Å². The molecule has 0 fully saturated rings. The molecule has 0 aliphatic heterocycles. The van der Waals surface area contributed by atoms with Crippen molar-refractivity contribution in [3.05, 3.63) is 52.7 Å². The van der Waals surface area contributed by atoms with Crippen molar-refractivity contribution in [2.24, 2.45) is 0 Å². The number of nitrogens with one attached hydrogen (secondary N) is 1. The quantitative estimate of drug-likeness (QED) is 0.490. The molecule has 2 aromatic carbocycles. The highest BCUT2D eigenvalue weighted by Crippen LogP contribution is 2.45. The molecule has 9 heteroatoms. The van der Waals surface area contributed by atoms with Gasteiger partial charge >= 0.3 is 12.1 Å². The molecule has 1 aromatic heterocycles. The number of H-pyrrole nitrogens is 1. The first-order valence-corrected chi connectivity index (χ1v) is 8.98. The fourth-order valence-electron chi connectivity index (χ4n) is 2.89. The van der Waals surface area contributed by atoms with Crippen LogP contribution >= 0.6 is 11.6 Å². The van der Waals surface area contributed by atoms with Crippen molar-refractivity contribution < 1.29 is 32.5 Å². The van der Waals surface area contributed by atoms with Gasteiger partial charge in [-0.2, -0.15) is 13.2 Å². The van der Waals surface area contributed by atoms with Crippen molar-refractivity contribution in [3.8, 4) is 17.2 Å². The minimum atomic E-state index is -4.79. The Balaban J connectivity index is 2.02. The third kappa shape index (κ3) is 4.59. The zero-order valence-corrected chi connectivity index (χ0v) is 16.2. The van der Waals surface area contributed by atoms with E-state index in [-0.39, 0.29) is 22.4 Å². The number of carboxylic acids is 1. The van der Waals surface area contributed by atoms with Crippen molar-refractivity contribution in [3.63, 3.8) is 0 Å². The Kier molecular flexibility index (Phi) is 5.66. The zero-order valence-electron chi connectivity index (χ0n) is 15.4. The molecule has 0 bridgehead atoms. The summed E-state index contributed by atoms with van der Waals surface area (Å²) in [5, 5.41) is 9.13. The maximum Gasteiger partial charge on any atom is 0.420 e. The molecule has 0 saturated heterocycles. The van der Waals surface area contributed by atoms with Crippen molar-refractivity contribution in [1.29, 1.82) is 0 Å². The summed E-state index contributed by atoms with van der Waals surface area (Å²) in [5.41, 5.74) is 0.675. The van der Waals surface area contributed by atoms with Crippen LogP contribution in [0.3, 0.4) is 0 Å². The summed E-state index contributed by atoms with van der Waals surface area (Å²) in [4.78, 5) is 13.7. The normalized spacial score (nSPS) is 11.8. The molecule has 0 amide bonds. The van der Waals surface area contributed by atoms with Crippen molar-refractivity contribution in [1.82, 2.24) is 4.98 Å². The summed E-state index contributed by atoms with van der Waals surface area (Å²) >= 11 is 6.03. The summed E-state index contributed by atoms with van der Waals surface area (Å²) < 4.78 is 51.1. The monoisotopic (exact) mass is 427 g/mol. The molecular formula is C20H17ClF3NO4. The Morgan fingerprint density at radius 1 is 1.21 bits per heavy atom. The van der Waals surface area contributed by atoms with Gasteiger partial charge in [0.05, 0.1) is 5.02 Å². The van der Waals surface area contributed by atoms with E-state index in [2.05, 4.69) is 4.98 Å². The molecule has 0 aliphatic rings. The first-order chi connectivity index (χ1) is 13.6. The van der Waals surface area contributed by atoms with Crippen LogP contribution in [-0.2, 0) is 11.0 Å². The number of carboxylic acid groups (broad SMARTS) is 1. The Bertz CT molecular complexity index is 1060. The summed E-state index contributed by atoms with van der Waals surface area (Å²) in [7, 11) is 0. The van der Waals surface area contributed by atoms with Crippen LogP contribution in [0, 0.1) is 0 Å². The number of carbonyl (C=O) groups is 1. The molecule has 29 heavy (non-hydrogen) atoms. The van der Waals surface area contributed by atoms with Gasteiger partial charge in [-0.05, 0) is 35.7 Å². The topological polar surface area (TPSA) is 71.5 Å². The first-order valence-electron chi connectivity index (χ1n) is 8.60. The second-order valence-corrected chi connectivity index (χ2v) is 7.08. The van der Waals surface area contributed by atoms with Gasteiger partial charge in [0.15, 0.2) is 12.4 Å². The molecule has 154 valence electrons. The van der Waals surface area contributed by atoms with Crippen molar-refractivity contribution in [2.45, 2.75) is 25.9 Å². The third-order valence-corrected chi connectivity index (χ3v) is 4.49. The van der Waals surface area contributed by atoms with Gasteiger partial charge in [0.1, 0.15) is 17.1 Å². The molecule has 0 spiro atoms. The second-order valence-electron chi connectivity index (χ2n) is 6.67. The van der Waals surface area contributed by atoms with Gasteiger partial charge < -0.3 is 19.6 Å². The average molecular weight is 428 g/mol. The lowest BCUT2D eigenvalue weighted by atomic mass is 10.0. The predicted octanol–water partition coefficient (Wildman–Crippen LogP) is 6.22. The van der Waals surface area contributed by atoms with Gasteiger partial charge in [0.25, 0.3) is 0 Å². The summed E-state index contributed by atoms with van der Waals surface area (Å²) in [5.74, 6) is -1.83. The Morgan fingerprint density at radius 2 is 1.93 bits per heavy atom. The average Bonchev–Trinajstić information content (AvgIpc) is 3.04. The van der Waals surface area contributed by atoms with E-state index < -0.39 is 30.1 Å². The van der Waals surface area contributed by atoms with Gasteiger partial charge in [0.2, 0.25) is 0 Å². The van der Waals surface area contributed by atoms with E-state index in [0.29, 0.717) is 6.07 Å². The standard InChI is InChI=1S/C20H17ClF3NO4/c1-10(2)14-8-25-17-4-3-11(5-13(14)17)29-19-15(20(22,23)24)6-12(7-16(19)21)28-9-18(26)27/h3-8,10,25H,9H2,1-2H3,(H,26,27). The van der Waals surface area contributed by atoms with Crippen LogP contribution in [0.4, 0.5) is 13.2 Å². The number of aromatic amines is 1. The fraction of sp³-hybridized carbons (Fsp3) is 0.250. The number of ether oxygens (including phenoxy) is 2. The van der Waals surface area contributed by atoms with Gasteiger partial charge in [0, 0.05) is 23.2 Å². The lowest BCUT2D eigenvalue weighted by Crippen LogP contribution is -2.12. The number of alkyl halides is 3. The van der Waals surface area contributed by atoms with E-state index in [1.165, 1.54) is 6.07 Å². The Hall–Kier alpha value is -2.87. The van der Waals surface area contributed by atoms with Crippen molar-refractivity contribution in [2.75, 3.05) is 6.61 Å². The predicted molar refractivity (Wildman–Crippen MR) is 102 cm³/mol. The van der Waals surface area contributed by atoms with Gasteiger partial charge in [-0.1, -0.05) is 25.4 Å². The molecule has 0 radical (unpaired) electrons. The molecule has 5 nitrogen and oxygen atoms in total.